The van der Waals surface area contributed by atoms with E-state index >= 15 is 0 Å². The van der Waals surface area contributed by atoms with Crippen LogP contribution in [0, 0.1) is 0 Å². The number of para-hydroxylation sites is 6. The minimum atomic E-state index is 0.713. The third kappa shape index (κ3) is 3.33. The van der Waals surface area contributed by atoms with Gasteiger partial charge < -0.3 is 19.3 Å². The Morgan fingerprint density at radius 3 is 1.70 bits per heavy atom. The number of benzene rings is 7. The van der Waals surface area contributed by atoms with Gasteiger partial charge in [0.2, 0.25) is 0 Å². The van der Waals surface area contributed by atoms with Crippen LogP contribution >= 0.6 is 0 Å². The Labute approximate surface area is 264 Å². The summed E-state index contributed by atoms with van der Waals surface area (Å²) in [6.07, 6.45) is 0. The molecule has 0 bridgehead atoms. The molecule has 0 radical (unpaired) electrons. The number of fused-ring (bicyclic) bond motifs is 10. The van der Waals surface area contributed by atoms with Gasteiger partial charge in [-0.3, -0.25) is 0 Å². The normalized spacial score (nSPS) is 12.0. The number of furan rings is 1. The van der Waals surface area contributed by atoms with Gasteiger partial charge in [-0.25, -0.2) is 0 Å². The second-order valence-corrected chi connectivity index (χ2v) is 11.9. The molecule has 0 atom stereocenters. The fraction of sp³-hybridized carbons (Fsp3) is 0. The summed E-state index contributed by atoms with van der Waals surface area (Å²) in [4.78, 5) is 0. The molecule has 3 aromatic heterocycles. The van der Waals surface area contributed by atoms with Gasteiger partial charge in [-0.2, -0.15) is 0 Å². The summed E-state index contributed by atoms with van der Waals surface area (Å²) < 4.78 is 11.7. The van der Waals surface area contributed by atoms with Gasteiger partial charge >= 0.3 is 0 Å². The van der Waals surface area contributed by atoms with E-state index in [1.807, 2.05) is 12.1 Å². The van der Waals surface area contributed by atoms with Gasteiger partial charge in [0.15, 0.2) is 0 Å². The van der Waals surface area contributed by atoms with Crippen LogP contribution in [0.1, 0.15) is 0 Å². The Hall–Kier alpha value is -6.26. The fourth-order valence-corrected chi connectivity index (χ4v) is 7.57. The van der Waals surface area contributed by atoms with Crippen LogP contribution in [0.3, 0.4) is 0 Å². The number of aromatic nitrogens is 2. The molecule has 0 aliphatic carbocycles. The maximum Gasteiger partial charge on any atom is 0.145 e. The van der Waals surface area contributed by atoms with E-state index in [1.54, 1.807) is 0 Å². The molecule has 4 heteroatoms. The molecule has 10 aromatic rings. The van der Waals surface area contributed by atoms with E-state index in [0.717, 1.165) is 71.9 Å². The van der Waals surface area contributed by atoms with Crippen molar-refractivity contribution < 1.29 is 4.42 Å². The van der Waals surface area contributed by atoms with Gasteiger partial charge in [-0.05, 0) is 48.5 Å². The topological polar surface area (TPSA) is 49.0 Å². The highest BCUT2D eigenvalue weighted by atomic mass is 16.3. The van der Waals surface area contributed by atoms with E-state index in [-0.39, 0.29) is 0 Å². The SMILES string of the molecule is Nc1cccc(-c2cccc3c2oc2c3ccc3c2c2ccccc2n3-c2ccccc2)c1-n1c2ccccc2c2ccccc21. The summed E-state index contributed by atoms with van der Waals surface area (Å²) in [6.45, 7) is 0. The highest BCUT2D eigenvalue weighted by molar-refractivity contribution is 6.25. The van der Waals surface area contributed by atoms with Crippen LogP contribution in [0.2, 0.25) is 0 Å². The Morgan fingerprint density at radius 1 is 0.391 bits per heavy atom. The van der Waals surface area contributed by atoms with Crippen LogP contribution in [-0.2, 0) is 0 Å². The summed E-state index contributed by atoms with van der Waals surface area (Å²) in [5, 5.41) is 6.87. The molecule has 3 heterocycles. The summed E-state index contributed by atoms with van der Waals surface area (Å²) in [6, 6.07) is 53.3. The maximum atomic E-state index is 7.03. The van der Waals surface area contributed by atoms with Gasteiger partial charge in [0.1, 0.15) is 11.2 Å². The highest BCUT2D eigenvalue weighted by Crippen LogP contribution is 2.45. The number of hydrogen-bond donors (Lipinski definition) is 1. The molecule has 2 N–H and O–H groups in total. The lowest BCUT2D eigenvalue weighted by Crippen LogP contribution is -2.02. The van der Waals surface area contributed by atoms with E-state index in [2.05, 4.69) is 149 Å². The molecule has 7 aromatic carbocycles. The van der Waals surface area contributed by atoms with Gasteiger partial charge in [0.25, 0.3) is 0 Å². The monoisotopic (exact) mass is 589 g/mol. The zero-order valence-corrected chi connectivity index (χ0v) is 24.8. The van der Waals surface area contributed by atoms with Crippen molar-refractivity contribution in [1.29, 1.82) is 0 Å². The Balaban J connectivity index is 1.31. The smallest absolute Gasteiger partial charge is 0.145 e. The first kappa shape index (κ1) is 25.1. The Bertz CT molecular complexity index is 2760. The molecule has 0 aliphatic heterocycles. The van der Waals surface area contributed by atoms with Crippen molar-refractivity contribution >= 4 is 71.2 Å². The first-order chi connectivity index (χ1) is 22.8. The van der Waals surface area contributed by atoms with Crippen LogP contribution in [0.25, 0.3) is 88.1 Å². The van der Waals surface area contributed by atoms with Crippen molar-refractivity contribution in [1.82, 2.24) is 9.13 Å². The van der Waals surface area contributed by atoms with E-state index in [1.165, 1.54) is 16.2 Å². The number of nitrogen functional groups attached to an aromatic ring is 1. The third-order valence-corrected chi connectivity index (χ3v) is 9.48. The third-order valence-electron chi connectivity index (χ3n) is 9.48. The van der Waals surface area contributed by atoms with Crippen LogP contribution in [0.5, 0.6) is 0 Å². The van der Waals surface area contributed by atoms with E-state index < -0.39 is 0 Å². The molecule has 0 unspecified atom stereocenters. The van der Waals surface area contributed by atoms with Crippen LogP contribution in [0.15, 0.2) is 156 Å². The van der Waals surface area contributed by atoms with Crippen molar-refractivity contribution in [3.05, 3.63) is 152 Å². The maximum absolute atomic E-state index is 7.03. The van der Waals surface area contributed by atoms with Crippen molar-refractivity contribution in [2.75, 3.05) is 5.73 Å². The van der Waals surface area contributed by atoms with Gasteiger partial charge in [0.05, 0.1) is 38.8 Å². The molecule has 4 nitrogen and oxygen atoms in total. The average Bonchev–Trinajstić information content (AvgIpc) is 3.76. The van der Waals surface area contributed by atoms with Crippen LogP contribution < -0.4 is 5.73 Å². The zero-order valence-electron chi connectivity index (χ0n) is 24.8. The van der Waals surface area contributed by atoms with Crippen molar-refractivity contribution in [3.63, 3.8) is 0 Å². The first-order valence-corrected chi connectivity index (χ1v) is 15.6. The molecule has 0 saturated heterocycles. The van der Waals surface area contributed by atoms with Crippen molar-refractivity contribution in [3.8, 4) is 22.5 Å². The Morgan fingerprint density at radius 2 is 0.957 bits per heavy atom. The summed E-state index contributed by atoms with van der Waals surface area (Å²) >= 11 is 0. The number of rotatable bonds is 3. The fourth-order valence-electron chi connectivity index (χ4n) is 7.57. The molecule has 10 rings (SSSR count). The van der Waals surface area contributed by atoms with Crippen LogP contribution in [-0.4, -0.2) is 9.13 Å². The second-order valence-electron chi connectivity index (χ2n) is 11.9. The summed E-state index contributed by atoms with van der Waals surface area (Å²) in [5.41, 5.74) is 18.0. The Kier molecular flexibility index (Phi) is 5.11. The van der Waals surface area contributed by atoms with Gasteiger partial charge in [-0.1, -0.05) is 103 Å². The van der Waals surface area contributed by atoms with Gasteiger partial charge in [0, 0.05) is 43.7 Å². The minimum absolute atomic E-state index is 0.713. The lowest BCUT2D eigenvalue weighted by molar-refractivity contribution is 0.674. The lowest BCUT2D eigenvalue weighted by atomic mass is 9.99. The standard InChI is InChI=1S/C42H27N3O/c43-34-20-11-17-29(40(34)45-35-21-7-4-14-27(35)28-15-5-8-22-36(28)45)30-18-10-19-31-32-24-25-38-39(42(32)46-41(30)31)33-16-6-9-23-37(33)44(38)26-12-2-1-3-13-26/h1-25H,43H2. The molecule has 0 saturated carbocycles. The highest BCUT2D eigenvalue weighted by Gasteiger charge is 2.23. The zero-order chi connectivity index (χ0) is 30.4. The molecule has 216 valence electrons. The second kappa shape index (κ2) is 9.37. The molecule has 46 heavy (non-hydrogen) atoms. The molecule has 0 amide bonds. The van der Waals surface area contributed by atoms with Gasteiger partial charge in [-0.15, -0.1) is 0 Å². The summed E-state index contributed by atoms with van der Waals surface area (Å²) in [5.74, 6) is 0. The minimum Gasteiger partial charge on any atom is -0.455 e. The quantitative estimate of drug-likeness (QED) is 0.208. The molecular weight excluding hydrogens is 562 g/mol. The van der Waals surface area contributed by atoms with Crippen LogP contribution in [0.4, 0.5) is 5.69 Å². The average molecular weight is 590 g/mol. The largest absolute Gasteiger partial charge is 0.455 e. The molecule has 0 aliphatic rings. The van der Waals surface area contributed by atoms with E-state index in [9.17, 15) is 0 Å². The van der Waals surface area contributed by atoms with Crippen molar-refractivity contribution in [2.24, 2.45) is 0 Å². The van der Waals surface area contributed by atoms with Crippen molar-refractivity contribution in [2.45, 2.75) is 0 Å². The van der Waals surface area contributed by atoms with E-state index in [4.69, 9.17) is 10.2 Å². The van der Waals surface area contributed by atoms with E-state index in [0.29, 0.717) is 5.69 Å². The summed E-state index contributed by atoms with van der Waals surface area (Å²) in [7, 11) is 0. The molecule has 0 spiro atoms. The first-order valence-electron chi connectivity index (χ1n) is 15.6. The number of nitrogens with zero attached hydrogens (tertiary/aromatic N) is 2. The number of hydrogen-bond acceptors (Lipinski definition) is 2. The predicted octanol–water partition coefficient (Wildman–Crippen LogP) is 11.0. The molecular formula is C42H27N3O. The predicted molar refractivity (Wildman–Crippen MR) is 192 cm³/mol. The number of anilines is 1. The molecule has 0 fully saturated rings. The lowest BCUT2D eigenvalue weighted by Gasteiger charge is -2.16. The number of nitrogens with two attached hydrogens (primary N) is 1.